The van der Waals surface area contributed by atoms with Gasteiger partial charge in [0.05, 0.1) is 30.2 Å². The third-order valence-corrected chi connectivity index (χ3v) is 8.30. The summed E-state index contributed by atoms with van der Waals surface area (Å²) in [7, 11) is -3.59. The summed E-state index contributed by atoms with van der Waals surface area (Å²) >= 11 is 0. The minimum Gasteiger partial charge on any atom is -0.400 e. The van der Waals surface area contributed by atoms with Crippen LogP contribution >= 0.6 is 0 Å². The lowest BCUT2D eigenvalue weighted by molar-refractivity contribution is 0.00578. The quantitative estimate of drug-likeness (QED) is 0.587. The fourth-order valence-electron chi connectivity index (χ4n) is 4.83. The van der Waals surface area contributed by atoms with Gasteiger partial charge in [0.2, 0.25) is 10.0 Å². The molecule has 3 atom stereocenters. The summed E-state index contributed by atoms with van der Waals surface area (Å²) in [6.07, 6.45) is 8.61. The standard InChI is InChI=1S/C24H38BN3O5S/c1-23(2)24(3,4)33-25(32-23)19-9-11-20(12-10-19)31-17-18-16-28(22-8-6-7-14-26-22)15-13-21(18)27-34(5,29)30/h6-9,14,18,20-21,27H,10-13,15-17H2,1-5H3/t18-,20?,21?/m0/s1. The van der Waals surface area contributed by atoms with E-state index in [0.717, 1.165) is 31.6 Å². The molecule has 8 nitrogen and oxygen atoms in total. The first-order chi connectivity index (χ1) is 15.9. The number of hydrogen-bond acceptors (Lipinski definition) is 7. The molecule has 0 bridgehead atoms. The summed E-state index contributed by atoms with van der Waals surface area (Å²) in [6.45, 7) is 10.2. The zero-order chi connectivity index (χ0) is 24.6. The van der Waals surface area contributed by atoms with E-state index in [1.807, 2.05) is 18.2 Å². The first-order valence-electron chi connectivity index (χ1n) is 12.2. The van der Waals surface area contributed by atoms with Crippen LogP contribution in [0.5, 0.6) is 0 Å². The average Bonchev–Trinajstić information content (AvgIpc) is 3.00. The van der Waals surface area contributed by atoms with Crippen molar-refractivity contribution in [2.75, 3.05) is 30.9 Å². The number of rotatable bonds is 7. The van der Waals surface area contributed by atoms with Gasteiger partial charge in [0.15, 0.2) is 0 Å². The Morgan fingerprint density at radius 1 is 1.21 bits per heavy atom. The molecular formula is C24H38BN3O5S. The van der Waals surface area contributed by atoms with Crippen LogP contribution in [0.25, 0.3) is 0 Å². The van der Waals surface area contributed by atoms with Gasteiger partial charge < -0.3 is 18.9 Å². The highest BCUT2D eigenvalue weighted by molar-refractivity contribution is 7.88. The van der Waals surface area contributed by atoms with Gasteiger partial charge in [0.1, 0.15) is 5.82 Å². The molecule has 0 spiro atoms. The Morgan fingerprint density at radius 3 is 2.53 bits per heavy atom. The number of anilines is 1. The van der Waals surface area contributed by atoms with Gasteiger partial charge in [-0.05, 0) is 71.0 Å². The van der Waals surface area contributed by atoms with E-state index < -0.39 is 10.0 Å². The number of aromatic nitrogens is 1. The molecule has 0 aromatic carbocycles. The molecule has 188 valence electrons. The Morgan fingerprint density at radius 2 is 1.94 bits per heavy atom. The first-order valence-corrected chi connectivity index (χ1v) is 14.1. The molecule has 2 aliphatic heterocycles. The molecule has 34 heavy (non-hydrogen) atoms. The molecule has 10 heteroatoms. The monoisotopic (exact) mass is 491 g/mol. The second kappa shape index (κ2) is 9.89. The molecule has 0 amide bonds. The highest BCUT2D eigenvalue weighted by Gasteiger charge is 2.52. The van der Waals surface area contributed by atoms with Crippen LogP contribution in [0.3, 0.4) is 0 Å². The molecule has 4 rings (SSSR count). The van der Waals surface area contributed by atoms with Crippen molar-refractivity contribution in [3.63, 3.8) is 0 Å². The summed E-state index contributed by atoms with van der Waals surface area (Å²) in [5.74, 6) is 0.955. The fourth-order valence-corrected chi connectivity index (χ4v) is 5.69. The van der Waals surface area contributed by atoms with Crippen LogP contribution in [0.15, 0.2) is 35.9 Å². The van der Waals surface area contributed by atoms with E-state index in [-0.39, 0.29) is 36.4 Å². The largest absolute Gasteiger partial charge is 0.490 e. The van der Waals surface area contributed by atoms with Crippen LogP contribution in [0.4, 0.5) is 5.82 Å². The molecule has 2 saturated heterocycles. The van der Waals surface area contributed by atoms with Crippen LogP contribution in [0, 0.1) is 5.92 Å². The molecular weight excluding hydrogens is 453 g/mol. The molecule has 0 radical (unpaired) electrons. The minimum atomic E-state index is -3.29. The molecule has 2 fully saturated rings. The Kier molecular flexibility index (Phi) is 7.46. The smallest absolute Gasteiger partial charge is 0.400 e. The SMILES string of the molecule is CC1(C)OB(C2=CCC(OC[C@@H]3CN(c4ccccn4)CCC3NS(C)(=O)=O)CC2)OC1(C)C. The highest BCUT2D eigenvalue weighted by atomic mass is 32.2. The third kappa shape index (κ3) is 6.02. The highest BCUT2D eigenvalue weighted by Crippen LogP contribution is 2.40. The van der Waals surface area contributed by atoms with E-state index in [4.69, 9.17) is 14.0 Å². The maximum Gasteiger partial charge on any atom is 0.490 e. The number of piperidine rings is 1. The Balaban J connectivity index is 1.35. The average molecular weight is 491 g/mol. The van der Waals surface area contributed by atoms with Crippen molar-refractivity contribution in [2.24, 2.45) is 5.92 Å². The first kappa shape index (κ1) is 25.6. The number of pyridine rings is 1. The van der Waals surface area contributed by atoms with E-state index in [1.165, 1.54) is 11.7 Å². The zero-order valence-electron chi connectivity index (χ0n) is 21.0. The van der Waals surface area contributed by atoms with Crippen molar-refractivity contribution in [1.82, 2.24) is 9.71 Å². The van der Waals surface area contributed by atoms with Gasteiger partial charge in [0.25, 0.3) is 0 Å². The number of hydrogen-bond donors (Lipinski definition) is 1. The zero-order valence-corrected chi connectivity index (χ0v) is 21.8. The number of ether oxygens (including phenoxy) is 1. The van der Waals surface area contributed by atoms with Crippen LogP contribution in [0.2, 0.25) is 0 Å². The summed E-state index contributed by atoms with van der Waals surface area (Å²) < 4.78 is 45.5. The van der Waals surface area contributed by atoms with Crippen LogP contribution in [-0.2, 0) is 24.1 Å². The Hall–Kier alpha value is -1.46. The van der Waals surface area contributed by atoms with E-state index in [0.29, 0.717) is 19.6 Å². The summed E-state index contributed by atoms with van der Waals surface area (Å²) in [5.41, 5.74) is 0.510. The normalized spacial score (nSPS) is 29.2. The van der Waals surface area contributed by atoms with Crippen molar-refractivity contribution < 1.29 is 22.5 Å². The van der Waals surface area contributed by atoms with Crippen molar-refractivity contribution in [3.05, 3.63) is 35.9 Å². The van der Waals surface area contributed by atoms with E-state index in [9.17, 15) is 8.42 Å². The number of nitrogens with zero attached hydrogens (tertiary/aromatic N) is 2. The van der Waals surface area contributed by atoms with Crippen molar-refractivity contribution >= 4 is 23.0 Å². The second-order valence-electron chi connectivity index (χ2n) is 10.8. The Labute approximate surface area is 204 Å². The summed E-state index contributed by atoms with van der Waals surface area (Å²) in [5, 5.41) is 0. The molecule has 3 heterocycles. The number of sulfonamides is 1. The third-order valence-electron chi connectivity index (χ3n) is 7.57. The minimum absolute atomic E-state index is 0.0407. The number of allylic oxidation sites excluding steroid dienone is 1. The van der Waals surface area contributed by atoms with Crippen LogP contribution in [-0.4, -0.2) is 69.8 Å². The van der Waals surface area contributed by atoms with Gasteiger partial charge in [-0.25, -0.2) is 18.1 Å². The lowest BCUT2D eigenvalue weighted by atomic mass is 9.72. The topological polar surface area (TPSA) is 90.0 Å². The van der Waals surface area contributed by atoms with Crippen LogP contribution < -0.4 is 9.62 Å². The molecule has 0 saturated carbocycles. The lowest BCUT2D eigenvalue weighted by Crippen LogP contribution is -2.52. The molecule has 2 unspecified atom stereocenters. The lowest BCUT2D eigenvalue weighted by Gasteiger charge is -2.39. The van der Waals surface area contributed by atoms with Crippen molar-refractivity contribution in [1.29, 1.82) is 0 Å². The van der Waals surface area contributed by atoms with E-state index in [1.54, 1.807) is 6.20 Å². The second-order valence-corrected chi connectivity index (χ2v) is 12.6. The Bertz CT molecular complexity index is 970. The van der Waals surface area contributed by atoms with Gasteiger partial charge in [-0.3, -0.25) is 0 Å². The summed E-state index contributed by atoms with van der Waals surface area (Å²) in [6, 6.07) is 5.72. The predicted molar refractivity (Wildman–Crippen MR) is 134 cm³/mol. The van der Waals surface area contributed by atoms with E-state index in [2.05, 4.69) is 48.4 Å². The van der Waals surface area contributed by atoms with Gasteiger partial charge >= 0.3 is 7.12 Å². The molecule has 1 N–H and O–H groups in total. The van der Waals surface area contributed by atoms with Crippen molar-refractivity contribution in [2.45, 2.75) is 76.7 Å². The molecule has 1 aliphatic carbocycles. The fraction of sp³-hybridized carbons (Fsp3) is 0.708. The molecule has 3 aliphatic rings. The molecule has 1 aromatic rings. The van der Waals surface area contributed by atoms with E-state index >= 15 is 0 Å². The van der Waals surface area contributed by atoms with Crippen molar-refractivity contribution in [3.8, 4) is 0 Å². The number of nitrogens with one attached hydrogen (secondary N) is 1. The van der Waals surface area contributed by atoms with Gasteiger partial charge in [-0.1, -0.05) is 12.1 Å². The molecule has 1 aromatic heterocycles. The van der Waals surface area contributed by atoms with Gasteiger partial charge in [-0.2, -0.15) is 0 Å². The van der Waals surface area contributed by atoms with Crippen LogP contribution in [0.1, 0.15) is 53.4 Å². The summed E-state index contributed by atoms with van der Waals surface area (Å²) in [4.78, 5) is 6.68. The van der Waals surface area contributed by atoms with Gasteiger partial charge in [-0.15, -0.1) is 0 Å². The van der Waals surface area contributed by atoms with Gasteiger partial charge in [0, 0.05) is 31.2 Å². The predicted octanol–water partition coefficient (Wildman–Crippen LogP) is 2.95. The maximum atomic E-state index is 11.9. The maximum absolute atomic E-state index is 11.9.